The lowest BCUT2D eigenvalue weighted by atomic mass is 10.0. The number of halogens is 2. The molecule has 184 valence electrons. The molecule has 4 aromatic heterocycles. The number of anilines is 1. The Hall–Kier alpha value is -4.03. The number of ether oxygens (including phenoxy) is 1. The Kier molecular flexibility index (Phi) is 7.05. The molecule has 5 aromatic rings. The van der Waals surface area contributed by atoms with Crippen molar-refractivity contribution in [1.29, 1.82) is 0 Å². The Bertz CT molecular complexity index is 1470. The molecule has 0 amide bonds. The third-order valence-electron chi connectivity index (χ3n) is 5.35. The molecule has 12 heteroatoms. The van der Waals surface area contributed by atoms with Gasteiger partial charge >= 0.3 is 0 Å². The van der Waals surface area contributed by atoms with E-state index in [2.05, 4.69) is 35.9 Å². The molecule has 0 aliphatic carbocycles. The first kappa shape index (κ1) is 23.7. The van der Waals surface area contributed by atoms with Crippen LogP contribution in [0.4, 0.5) is 14.7 Å². The van der Waals surface area contributed by atoms with Gasteiger partial charge < -0.3 is 15.4 Å². The van der Waals surface area contributed by atoms with Crippen molar-refractivity contribution in [2.24, 2.45) is 0 Å². The van der Waals surface area contributed by atoms with E-state index in [1.165, 1.54) is 23.6 Å². The van der Waals surface area contributed by atoms with Crippen LogP contribution >= 0.6 is 11.3 Å². The summed E-state index contributed by atoms with van der Waals surface area (Å²) in [5.74, 6) is -0.360. The summed E-state index contributed by atoms with van der Waals surface area (Å²) in [6, 6.07) is 8.90. The smallest absolute Gasteiger partial charge is 0.223 e. The lowest BCUT2D eigenvalue weighted by Crippen LogP contribution is -2.16. The first-order chi connectivity index (χ1) is 17.6. The van der Waals surface area contributed by atoms with Gasteiger partial charge in [-0.3, -0.25) is 4.68 Å². The molecule has 0 saturated carbocycles. The van der Waals surface area contributed by atoms with Crippen molar-refractivity contribution in [2.75, 3.05) is 32.1 Å². The number of aromatic nitrogens is 6. The number of likely N-dealkylation sites (N-methyl/N-ethyl adjacent to an activating group) is 1. The summed E-state index contributed by atoms with van der Waals surface area (Å²) < 4.78 is 37.3. The molecule has 0 spiro atoms. The Labute approximate surface area is 209 Å². The van der Waals surface area contributed by atoms with Crippen molar-refractivity contribution >= 4 is 27.4 Å². The molecule has 5 rings (SSSR count). The van der Waals surface area contributed by atoms with Crippen molar-refractivity contribution in [3.05, 3.63) is 66.9 Å². The average molecular weight is 509 g/mol. The third kappa shape index (κ3) is 5.14. The monoisotopic (exact) mass is 508 g/mol. The highest BCUT2D eigenvalue weighted by Gasteiger charge is 2.17. The van der Waals surface area contributed by atoms with Crippen LogP contribution < -0.4 is 15.4 Å². The predicted molar refractivity (Wildman–Crippen MR) is 134 cm³/mol. The van der Waals surface area contributed by atoms with Crippen LogP contribution in [0.5, 0.6) is 5.75 Å². The number of hydrogen-bond acceptors (Lipinski definition) is 9. The van der Waals surface area contributed by atoms with Gasteiger partial charge in [0, 0.05) is 41.2 Å². The molecular formula is C24H22F2N8OS. The first-order valence-corrected chi connectivity index (χ1v) is 12.0. The fourth-order valence-electron chi connectivity index (χ4n) is 3.66. The number of nitrogens with one attached hydrogen (secondary N) is 2. The predicted octanol–water partition coefficient (Wildman–Crippen LogP) is 4.00. The quantitative estimate of drug-likeness (QED) is 0.216. The third-order valence-corrected chi connectivity index (χ3v) is 6.54. The Morgan fingerprint density at radius 2 is 2.00 bits per heavy atom. The number of pyridine rings is 1. The van der Waals surface area contributed by atoms with Crippen molar-refractivity contribution in [2.45, 2.75) is 6.54 Å². The number of hydrogen-bond donors (Lipinski definition) is 2. The van der Waals surface area contributed by atoms with Gasteiger partial charge in [0.15, 0.2) is 5.82 Å². The fraction of sp³-hybridized carbons (Fsp3) is 0.208. The summed E-state index contributed by atoms with van der Waals surface area (Å²) in [6.45, 7) is 2.09. The zero-order chi connectivity index (χ0) is 24.9. The second-order valence-electron chi connectivity index (χ2n) is 7.77. The average Bonchev–Trinajstić information content (AvgIpc) is 3.56. The maximum Gasteiger partial charge on any atom is 0.223 e. The molecule has 0 fully saturated rings. The summed E-state index contributed by atoms with van der Waals surface area (Å²) >= 11 is 1.37. The van der Waals surface area contributed by atoms with Crippen LogP contribution in [-0.2, 0) is 6.54 Å². The maximum absolute atomic E-state index is 14.8. The van der Waals surface area contributed by atoms with E-state index in [0.29, 0.717) is 48.4 Å². The maximum atomic E-state index is 14.8. The van der Waals surface area contributed by atoms with Crippen molar-refractivity contribution < 1.29 is 13.5 Å². The van der Waals surface area contributed by atoms with E-state index in [1.807, 2.05) is 31.3 Å². The SMILES string of the molecule is CNCCOc1cnc(F)cc1-c1cccc2cc(-c3nc(NCCn4ccnn4)ncc3F)sc12. The van der Waals surface area contributed by atoms with Crippen LogP contribution in [0.1, 0.15) is 0 Å². The molecule has 0 aliphatic heterocycles. The molecule has 1 aromatic carbocycles. The minimum atomic E-state index is -0.608. The van der Waals surface area contributed by atoms with Crippen molar-refractivity contribution in [3.8, 4) is 27.4 Å². The molecule has 0 aliphatic rings. The van der Waals surface area contributed by atoms with E-state index in [9.17, 15) is 8.78 Å². The summed E-state index contributed by atoms with van der Waals surface area (Å²) in [5, 5.41) is 14.6. The van der Waals surface area contributed by atoms with Crippen LogP contribution in [-0.4, -0.2) is 56.7 Å². The van der Waals surface area contributed by atoms with Gasteiger partial charge in [-0.05, 0) is 18.5 Å². The number of thiophene rings is 1. The van der Waals surface area contributed by atoms with Gasteiger partial charge in [0.05, 0.1) is 30.0 Å². The van der Waals surface area contributed by atoms with E-state index in [0.717, 1.165) is 21.8 Å². The highest BCUT2D eigenvalue weighted by molar-refractivity contribution is 7.22. The number of nitrogens with zero attached hydrogens (tertiary/aromatic N) is 6. The van der Waals surface area contributed by atoms with Crippen LogP contribution in [0, 0.1) is 11.8 Å². The normalized spacial score (nSPS) is 11.2. The largest absolute Gasteiger partial charge is 0.490 e. The van der Waals surface area contributed by atoms with Gasteiger partial charge in [-0.2, -0.15) is 4.39 Å². The fourth-order valence-corrected chi connectivity index (χ4v) is 4.84. The van der Waals surface area contributed by atoms with Crippen molar-refractivity contribution in [1.82, 2.24) is 35.3 Å². The second kappa shape index (κ2) is 10.7. The van der Waals surface area contributed by atoms with Gasteiger partial charge in [-0.15, -0.1) is 16.4 Å². The van der Waals surface area contributed by atoms with Crippen LogP contribution in [0.3, 0.4) is 0 Å². The van der Waals surface area contributed by atoms with E-state index >= 15 is 0 Å². The molecule has 36 heavy (non-hydrogen) atoms. The molecule has 0 bridgehead atoms. The first-order valence-electron chi connectivity index (χ1n) is 11.2. The molecule has 0 radical (unpaired) electrons. The number of fused-ring (bicyclic) bond motifs is 1. The van der Waals surface area contributed by atoms with Gasteiger partial charge in [0.2, 0.25) is 11.9 Å². The highest BCUT2D eigenvalue weighted by atomic mass is 32.1. The van der Waals surface area contributed by atoms with Crippen LogP contribution in [0.2, 0.25) is 0 Å². The molecule has 4 heterocycles. The number of rotatable bonds is 10. The van der Waals surface area contributed by atoms with Gasteiger partial charge in [0.25, 0.3) is 0 Å². The van der Waals surface area contributed by atoms with Crippen LogP contribution in [0.15, 0.2) is 55.1 Å². The van der Waals surface area contributed by atoms with Gasteiger partial charge in [-0.25, -0.2) is 19.3 Å². The molecule has 2 N–H and O–H groups in total. The van der Waals surface area contributed by atoms with E-state index in [4.69, 9.17) is 4.74 Å². The lowest BCUT2D eigenvalue weighted by Gasteiger charge is -2.12. The minimum absolute atomic E-state index is 0.187. The summed E-state index contributed by atoms with van der Waals surface area (Å²) in [5.41, 5.74) is 1.54. The van der Waals surface area contributed by atoms with Crippen molar-refractivity contribution in [3.63, 3.8) is 0 Å². The zero-order valence-electron chi connectivity index (χ0n) is 19.3. The lowest BCUT2D eigenvalue weighted by molar-refractivity contribution is 0.317. The second-order valence-corrected chi connectivity index (χ2v) is 8.83. The summed E-state index contributed by atoms with van der Waals surface area (Å²) in [7, 11) is 1.82. The van der Waals surface area contributed by atoms with E-state index in [-0.39, 0.29) is 5.69 Å². The number of benzene rings is 1. The standard InChI is InChI=1S/C24H22F2N8OS/c1-27-7-10-35-19-14-29-21(26)12-17(19)16-4-2-3-15-11-20(36-23(15)16)22-18(25)13-30-24(32-22)28-5-8-34-9-6-31-33-34/h2-4,6,9,11-14,27H,5,7-8,10H2,1H3,(H,28,30,32). The van der Waals surface area contributed by atoms with Gasteiger partial charge in [0.1, 0.15) is 18.1 Å². The van der Waals surface area contributed by atoms with Crippen LogP contribution in [0.25, 0.3) is 31.8 Å². The Morgan fingerprint density at radius 3 is 2.83 bits per heavy atom. The topological polar surface area (TPSA) is 103 Å². The minimum Gasteiger partial charge on any atom is -0.490 e. The molecule has 0 atom stereocenters. The summed E-state index contributed by atoms with van der Waals surface area (Å²) in [6.07, 6.45) is 5.88. The molecule has 0 saturated heterocycles. The zero-order valence-corrected chi connectivity index (χ0v) is 20.1. The Morgan fingerprint density at radius 1 is 1.08 bits per heavy atom. The highest BCUT2D eigenvalue weighted by Crippen LogP contribution is 2.42. The van der Waals surface area contributed by atoms with Gasteiger partial charge in [-0.1, -0.05) is 23.4 Å². The Balaban J connectivity index is 1.47. The summed E-state index contributed by atoms with van der Waals surface area (Å²) in [4.78, 5) is 12.8. The van der Waals surface area contributed by atoms with E-state index in [1.54, 1.807) is 17.1 Å². The molecule has 9 nitrogen and oxygen atoms in total. The molecular weight excluding hydrogens is 486 g/mol. The van der Waals surface area contributed by atoms with E-state index < -0.39 is 11.8 Å². The molecule has 0 unspecified atom stereocenters.